The Labute approximate surface area is 143 Å². The van der Waals surface area contributed by atoms with Crippen LogP contribution in [0.2, 0.25) is 0 Å². The van der Waals surface area contributed by atoms with E-state index >= 15 is 0 Å². The lowest BCUT2D eigenvalue weighted by atomic mass is 10.2. The third-order valence-electron chi connectivity index (χ3n) is 4.26. The summed E-state index contributed by atoms with van der Waals surface area (Å²) >= 11 is 0. The molecule has 0 heterocycles. The molecule has 3 aromatic carbocycles. The quantitative estimate of drug-likeness (QED) is 0.641. The summed E-state index contributed by atoms with van der Waals surface area (Å²) in [6, 6.07) is 25.5. The van der Waals surface area contributed by atoms with Crippen LogP contribution in [0.3, 0.4) is 0 Å². The van der Waals surface area contributed by atoms with Crippen molar-refractivity contribution in [3.8, 4) is 5.75 Å². The summed E-state index contributed by atoms with van der Waals surface area (Å²) in [6.45, 7) is 2.02. The molecule has 0 fully saturated rings. The van der Waals surface area contributed by atoms with E-state index in [-0.39, 0.29) is 0 Å². The van der Waals surface area contributed by atoms with Crippen molar-refractivity contribution < 1.29 is 9.30 Å². The summed E-state index contributed by atoms with van der Waals surface area (Å²) in [5.74, 6) is 0.780. The normalized spacial score (nSPS) is 13.2. The van der Waals surface area contributed by atoms with E-state index in [9.17, 15) is 4.57 Å². The SMILES string of the molecule is COc1ccccc1CP(=O)(c1ccccc1)c1ccccc1C. The van der Waals surface area contributed by atoms with Crippen molar-refractivity contribution in [2.75, 3.05) is 7.11 Å². The molecule has 2 nitrogen and oxygen atoms in total. The summed E-state index contributed by atoms with van der Waals surface area (Å²) in [7, 11) is -1.15. The highest BCUT2D eigenvalue weighted by molar-refractivity contribution is 7.78. The molecule has 24 heavy (non-hydrogen) atoms. The number of ether oxygens (including phenoxy) is 1. The van der Waals surface area contributed by atoms with E-state index in [0.29, 0.717) is 6.16 Å². The lowest BCUT2D eigenvalue weighted by Gasteiger charge is -2.22. The molecule has 0 aliphatic heterocycles. The lowest BCUT2D eigenvalue weighted by Crippen LogP contribution is -2.20. The molecule has 0 saturated carbocycles. The molecule has 1 unspecified atom stereocenters. The molecule has 122 valence electrons. The van der Waals surface area contributed by atoms with Gasteiger partial charge in [-0.15, -0.1) is 0 Å². The first kappa shape index (κ1) is 16.5. The second kappa shape index (κ2) is 7.07. The fourth-order valence-electron chi connectivity index (χ4n) is 3.03. The molecule has 0 N–H and O–H groups in total. The van der Waals surface area contributed by atoms with Gasteiger partial charge in [-0.05, 0) is 18.6 Å². The highest BCUT2D eigenvalue weighted by Gasteiger charge is 2.29. The fourth-order valence-corrected chi connectivity index (χ4v) is 6.02. The molecule has 3 aromatic rings. The summed E-state index contributed by atoms with van der Waals surface area (Å²) in [5, 5.41) is 1.80. The van der Waals surface area contributed by atoms with Crippen LogP contribution in [0.25, 0.3) is 0 Å². The predicted molar refractivity (Wildman–Crippen MR) is 101 cm³/mol. The lowest BCUT2D eigenvalue weighted by molar-refractivity contribution is 0.411. The molecule has 0 radical (unpaired) electrons. The molecule has 0 spiro atoms. The van der Waals surface area contributed by atoms with Crippen LogP contribution in [0.4, 0.5) is 0 Å². The largest absolute Gasteiger partial charge is 0.496 e. The van der Waals surface area contributed by atoms with Gasteiger partial charge in [0, 0.05) is 22.3 Å². The Kier molecular flexibility index (Phi) is 4.87. The zero-order valence-electron chi connectivity index (χ0n) is 14.0. The molecule has 0 bridgehead atoms. The Morgan fingerprint density at radius 1 is 0.833 bits per heavy atom. The van der Waals surface area contributed by atoms with E-state index in [1.807, 2.05) is 85.8 Å². The molecular formula is C21H21O2P. The Balaban J connectivity index is 2.17. The standard InChI is InChI=1S/C21H21O2P/c1-17-10-6-9-15-21(17)24(22,19-12-4-3-5-13-19)16-18-11-7-8-14-20(18)23-2/h3-15H,16H2,1-2H3. The maximum absolute atomic E-state index is 14.2. The number of methoxy groups -OCH3 is 1. The number of hydrogen-bond donors (Lipinski definition) is 0. The van der Waals surface area contributed by atoms with Crippen LogP contribution in [0, 0.1) is 6.92 Å². The molecule has 0 aliphatic rings. The van der Waals surface area contributed by atoms with Gasteiger partial charge in [0.05, 0.1) is 7.11 Å². The number of aryl methyl sites for hydroxylation is 1. The van der Waals surface area contributed by atoms with Gasteiger partial charge in [-0.2, -0.15) is 0 Å². The van der Waals surface area contributed by atoms with Crippen LogP contribution >= 0.6 is 7.14 Å². The predicted octanol–water partition coefficient (Wildman–Crippen LogP) is 4.52. The van der Waals surface area contributed by atoms with Crippen LogP contribution in [0.1, 0.15) is 11.1 Å². The maximum atomic E-state index is 14.2. The minimum atomic E-state index is -2.80. The Morgan fingerprint density at radius 3 is 2.17 bits per heavy atom. The summed E-state index contributed by atoms with van der Waals surface area (Å²) < 4.78 is 19.7. The van der Waals surface area contributed by atoms with Crippen molar-refractivity contribution in [1.29, 1.82) is 0 Å². The third-order valence-corrected chi connectivity index (χ3v) is 7.46. The van der Waals surface area contributed by atoms with Gasteiger partial charge >= 0.3 is 0 Å². The van der Waals surface area contributed by atoms with Gasteiger partial charge in [0.2, 0.25) is 0 Å². The van der Waals surface area contributed by atoms with Gasteiger partial charge in [0.1, 0.15) is 12.9 Å². The van der Waals surface area contributed by atoms with Crippen molar-refractivity contribution in [3.63, 3.8) is 0 Å². The zero-order valence-corrected chi connectivity index (χ0v) is 14.9. The van der Waals surface area contributed by atoms with E-state index in [1.165, 1.54) is 0 Å². The van der Waals surface area contributed by atoms with Gasteiger partial charge in [-0.25, -0.2) is 0 Å². The van der Waals surface area contributed by atoms with Crippen molar-refractivity contribution in [3.05, 3.63) is 90.0 Å². The van der Waals surface area contributed by atoms with E-state index in [2.05, 4.69) is 0 Å². The first-order chi connectivity index (χ1) is 11.6. The molecule has 0 saturated heterocycles. The van der Waals surface area contributed by atoms with Crippen molar-refractivity contribution in [1.82, 2.24) is 0 Å². The second-order valence-corrected chi connectivity index (χ2v) is 8.63. The first-order valence-electron chi connectivity index (χ1n) is 7.98. The van der Waals surface area contributed by atoms with E-state index in [4.69, 9.17) is 4.74 Å². The highest BCUT2D eigenvalue weighted by atomic mass is 31.2. The Morgan fingerprint density at radius 2 is 1.46 bits per heavy atom. The second-order valence-electron chi connectivity index (χ2n) is 5.83. The van der Waals surface area contributed by atoms with Crippen molar-refractivity contribution in [2.24, 2.45) is 0 Å². The van der Waals surface area contributed by atoms with Gasteiger partial charge in [0.15, 0.2) is 0 Å². The van der Waals surface area contributed by atoms with E-state index in [1.54, 1.807) is 7.11 Å². The molecule has 3 heteroatoms. The van der Waals surface area contributed by atoms with Crippen LogP contribution in [0.5, 0.6) is 5.75 Å². The Bertz CT molecular complexity index is 872. The van der Waals surface area contributed by atoms with Gasteiger partial charge < -0.3 is 9.30 Å². The first-order valence-corrected chi connectivity index (χ1v) is 9.87. The van der Waals surface area contributed by atoms with Crippen LogP contribution in [-0.4, -0.2) is 7.11 Å². The topological polar surface area (TPSA) is 26.3 Å². The molecule has 0 aromatic heterocycles. The molecule has 0 amide bonds. The van der Waals surface area contributed by atoms with Gasteiger partial charge in [-0.3, -0.25) is 0 Å². The average molecular weight is 336 g/mol. The molecular weight excluding hydrogens is 315 g/mol. The fraction of sp³-hybridized carbons (Fsp3) is 0.143. The zero-order chi connectivity index (χ0) is 17.0. The molecule has 0 aliphatic carbocycles. The van der Waals surface area contributed by atoms with Crippen LogP contribution in [0.15, 0.2) is 78.9 Å². The summed E-state index contributed by atoms with van der Waals surface area (Å²) in [4.78, 5) is 0. The van der Waals surface area contributed by atoms with E-state index < -0.39 is 7.14 Å². The number of hydrogen-bond acceptors (Lipinski definition) is 2. The highest BCUT2D eigenvalue weighted by Crippen LogP contribution is 2.49. The van der Waals surface area contributed by atoms with Crippen molar-refractivity contribution in [2.45, 2.75) is 13.1 Å². The maximum Gasteiger partial charge on any atom is 0.147 e. The average Bonchev–Trinajstić information content (AvgIpc) is 2.63. The number of rotatable bonds is 5. The summed E-state index contributed by atoms with van der Waals surface area (Å²) in [5.41, 5.74) is 2.02. The van der Waals surface area contributed by atoms with Crippen LogP contribution in [-0.2, 0) is 10.7 Å². The number of para-hydroxylation sites is 1. The summed E-state index contributed by atoms with van der Waals surface area (Å²) in [6.07, 6.45) is 0.450. The third kappa shape index (κ3) is 3.16. The minimum Gasteiger partial charge on any atom is -0.496 e. The molecule has 3 rings (SSSR count). The minimum absolute atomic E-state index is 0.450. The van der Waals surface area contributed by atoms with Gasteiger partial charge in [0.25, 0.3) is 0 Å². The molecule has 1 atom stereocenters. The van der Waals surface area contributed by atoms with Crippen molar-refractivity contribution >= 4 is 17.8 Å². The van der Waals surface area contributed by atoms with E-state index in [0.717, 1.165) is 27.5 Å². The monoisotopic (exact) mass is 336 g/mol. The van der Waals surface area contributed by atoms with Gasteiger partial charge in [-0.1, -0.05) is 72.8 Å². The number of benzene rings is 3. The smallest absolute Gasteiger partial charge is 0.147 e. The van der Waals surface area contributed by atoms with Crippen LogP contribution < -0.4 is 15.3 Å². The Hall–Kier alpha value is -2.31.